The van der Waals surface area contributed by atoms with Gasteiger partial charge in [0.05, 0.1) is 11.4 Å². The molecule has 0 aliphatic heterocycles. The lowest BCUT2D eigenvalue weighted by Gasteiger charge is -1.99. The Labute approximate surface area is 137 Å². The predicted octanol–water partition coefficient (Wildman–Crippen LogP) is 3.53. The highest BCUT2D eigenvalue weighted by molar-refractivity contribution is 8.01. The van der Waals surface area contributed by atoms with Gasteiger partial charge in [-0.25, -0.2) is 9.37 Å². The van der Waals surface area contributed by atoms with Crippen LogP contribution in [0.5, 0.6) is 0 Å². The standard InChI is InChI=1S/C13H9FN4OS3/c14-9-3-1-8(2-4-9)10-5-20-13(16-10)21-6-11(19)17-12-18-15-7-22-12/h1-5,7H,6H2,(H,17,18,19). The zero-order valence-electron chi connectivity index (χ0n) is 11.0. The second-order valence-corrected chi connectivity index (χ2v) is 7.00. The van der Waals surface area contributed by atoms with Crippen LogP contribution >= 0.6 is 34.4 Å². The van der Waals surface area contributed by atoms with Crippen molar-refractivity contribution in [3.05, 3.63) is 41.0 Å². The molecule has 3 rings (SSSR count). The van der Waals surface area contributed by atoms with Gasteiger partial charge in [0.2, 0.25) is 11.0 Å². The van der Waals surface area contributed by atoms with Gasteiger partial charge in [0.1, 0.15) is 11.3 Å². The van der Waals surface area contributed by atoms with E-state index in [1.807, 2.05) is 5.38 Å². The summed E-state index contributed by atoms with van der Waals surface area (Å²) in [5.41, 5.74) is 3.18. The number of nitrogens with zero attached hydrogens (tertiary/aromatic N) is 3. The second kappa shape index (κ2) is 6.95. The van der Waals surface area contributed by atoms with Crippen LogP contribution in [0.15, 0.2) is 39.5 Å². The number of carbonyl (C=O) groups excluding carboxylic acids is 1. The lowest BCUT2D eigenvalue weighted by atomic mass is 10.2. The minimum Gasteiger partial charge on any atom is -0.300 e. The van der Waals surface area contributed by atoms with Gasteiger partial charge in [-0.1, -0.05) is 23.1 Å². The number of aromatic nitrogens is 3. The van der Waals surface area contributed by atoms with E-state index in [0.717, 1.165) is 15.6 Å². The number of nitrogens with one attached hydrogen (secondary N) is 1. The van der Waals surface area contributed by atoms with E-state index in [1.165, 1.54) is 46.6 Å². The lowest BCUT2D eigenvalue weighted by molar-refractivity contribution is -0.113. The fourth-order valence-corrected chi connectivity index (χ4v) is 3.68. The normalized spacial score (nSPS) is 10.6. The van der Waals surface area contributed by atoms with Crippen molar-refractivity contribution in [2.24, 2.45) is 0 Å². The molecule has 0 spiro atoms. The highest BCUT2D eigenvalue weighted by Gasteiger charge is 2.09. The topological polar surface area (TPSA) is 67.8 Å². The van der Waals surface area contributed by atoms with Crippen molar-refractivity contribution in [1.82, 2.24) is 15.2 Å². The number of hydrogen-bond acceptors (Lipinski definition) is 7. The van der Waals surface area contributed by atoms with Gasteiger partial charge in [-0.3, -0.25) is 10.1 Å². The number of halogens is 1. The molecule has 1 amide bonds. The third-order valence-corrected chi connectivity index (χ3v) is 5.18. The van der Waals surface area contributed by atoms with Crippen molar-refractivity contribution in [1.29, 1.82) is 0 Å². The number of anilines is 1. The third kappa shape index (κ3) is 3.87. The van der Waals surface area contributed by atoms with Crippen LogP contribution in [-0.2, 0) is 4.79 Å². The molecule has 0 saturated heterocycles. The summed E-state index contributed by atoms with van der Waals surface area (Å²) in [4.78, 5) is 16.2. The predicted molar refractivity (Wildman–Crippen MR) is 86.8 cm³/mol. The van der Waals surface area contributed by atoms with Gasteiger partial charge in [-0.2, -0.15) is 0 Å². The smallest absolute Gasteiger partial charge is 0.236 e. The molecule has 0 aliphatic rings. The third-order valence-electron chi connectivity index (χ3n) is 2.56. The first-order chi connectivity index (χ1) is 10.7. The molecule has 0 bridgehead atoms. The molecule has 3 aromatic rings. The van der Waals surface area contributed by atoms with Crippen molar-refractivity contribution in [2.45, 2.75) is 4.34 Å². The van der Waals surface area contributed by atoms with Gasteiger partial charge < -0.3 is 0 Å². The van der Waals surface area contributed by atoms with E-state index in [2.05, 4.69) is 20.5 Å². The molecule has 0 fully saturated rings. The minimum absolute atomic E-state index is 0.153. The van der Waals surface area contributed by atoms with Crippen molar-refractivity contribution >= 4 is 45.5 Å². The van der Waals surface area contributed by atoms with E-state index in [1.54, 1.807) is 17.6 Å². The van der Waals surface area contributed by atoms with Crippen LogP contribution in [0.1, 0.15) is 0 Å². The molecule has 0 radical (unpaired) electrons. The number of amides is 1. The van der Waals surface area contributed by atoms with Gasteiger partial charge in [0.25, 0.3) is 0 Å². The summed E-state index contributed by atoms with van der Waals surface area (Å²) in [6, 6.07) is 6.16. The molecular weight excluding hydrogens is 343 g/mol. The number of carbonyl (C=O) groups is 1. The van der Waals surface area contributed by atoms with Crippen LogP contribution in [0.2, 0.25) is 0 Å². The highest BCUT2D eigenvalue weighted by atomic mass is 32.2. The molecule has 1 aromatic carbocycles. The molecule has 112 valence electrons. The summed E-state index contributed by atoms with van der Waals surface area (Å²) in [6.45, 7) is 0. The fraction of sp³-hybridized carbons (Fsp3) is 0.0769. The van der Waals surface area contributed by atoms with Crippen LogP contribution in [0.3, 0.4) is 0 Å². The first-order valence-electron chi connectivity index (χ1n) is 6.11. The van der Waals surface area contributed by atoms with Crippen molar-refractivity contribution in [3.63, 3.8) is 0 Å². The molecule has 0 unspecified atom stereocenters. The maximum Gasteiger partial charge on any atom is 0.236 e. The first kappa shape index (κ1) is 15.1. The number of benzene rings is 1. The largest absolute Gasteiger partial charge is 0.300 e. The molecule has 2 aromatic heterocycles. The fourth-order valence-electron chi connectivity index (χ4n) is 1.59. The van der Waals surface area contributed by atoms with Crippen LogP contribution in [-0.4, -0.2) is 26.8 Å². The number of rotatable bonds is 5. The number of thioether (sulfide) groups is 1. The summed E-state index contributed by atoms with van der Waals surface area (Å²) in [5, 5.41) is 12.4. The van der Waals surface area contributed by atoms with Crippen LogP contribution in [0.4, 0.5) is 9.52 Å². The molecule has 9 heteroatoms. The van der Waals surface area contributed by atoms with Crippen molar-refractivity contribution in [2.75, 3.05) is 11.1 Å². The number of thiazole rings is 1. The Kier molecular flexibility index (Phi) is 4.76. The molecule has 1 N–H and O–H groups in total. The van der Waals surface area contributed by atoms with Crippen LogP contribution in [0, 0.1) is 5.82 Å². The SMILES string of the molecule is O=C(CSc1nc(-c2ccc(F)cc2)cs1)Nc1nncs1. The van der Waals surface area contributed by atoms with Gasteiger partial charge in [0.15, 0.2) is 4.34 Å². The van der Waals surface area contributed by atoms with E-state index in [9.17, 15) is 9.18 Å². The Morgan fingerprint density at radius 3 is 2.82 bits per heavy atom. The lowest BCUT2D eigenvalue weighted by Crippen LogP contribution is -2.13. The summed E-state index contributed by atoms with van der Waals surface area (Å²) in [6.07, 6.45) is 0. The quantitative estimate of drug-likeness (QED) is 0.712. The molecule has 0 aliphatic carbocycles. The maximum absolute atomic E-state index is 12.9. The van der Waals surface area contributed by atoms with E-state index in [4.69, 9.17) is 0 Å². The summed E-state index contributed by atoms with van der Waals surface area (Å²) < 4.78 is 13.7. The molecule has 0 atom stereocenters. The van der Waals surface area contributed by atoms with E-state index in [-0.39, 0.29) is 17.5 Å². The summed E-state index contributed by atoms with van der Waals surface area (Å²) >= 11 is 4.07. The molecular formula is C13H9FN4OS3. The van der Waals surface area contributed by atoms with Gasteiger partial charge in [-0.15, -0.1) is 21.5 Å². The zero-order valence-corrected chi connectivity index (χ0v) is 13.5. The van der Waals surface area contributed by atoms with E-state index in [0.29, 0.717) is 5.13 Å². The molecule has 5 nitrogen and oxygen atoms in total. The molecule has 0 saturated carbocycles. The van der Waals surface area contributed by atoms with Crippen molar-refractivity contribution < 1.29 is 9.18 Å². The monoisotopic (exact) mass is 352 g/mol. The Hall–Kier alpha value is -1.84. The minimum atomic E-state index is -0.276. The summed E-state index contributed by atoms with van der Waals surface area (Å²) in [5.74, 6) is -0.183. The average Bonchev–Trinajstić information content (AvgIpc) is 3.17. The Bertz CT molecular complexity index is 758. The van der Waals surface area contributed by atoms with E-state index >= 15 is 0 Å². The van der Waals surface area contributed by atoms with Crippen LogP contribution < -0.4 is 5.32 Å². The van der Waals surface area contributed by atoms with Gasteiger partial charge >= 0.3 is 0 Å². The number of hydrogen-bond donors (Lipinski definition) is 1. The Morgan fingerprint density at radius 1 is 1.27 bits per heavy atom. The van der Waals surface area contributed by atoms with Gasteiger partial charge in [-0.05, 0) is 24.3 Å². The molecule has 2 heterocycles. The Balaban J connectivity index is 1.57. The average molecular weight is 352 g/mol. The van der Waals surface area contributed by atoms with E-state index < -0.39 is 0 Å². The summed E-state index contributed by atoms with van der Waals surface area (Å²) in [7, 11) is 0. The maximum atomic E-state index is 12.9. The first-order valence-corrected chi connectivity index (χ1v) is 8.85. The zero-order chi connectivity index (χ0) is 15.4. The Morgan fingerprint density at radius 2 is 2.09 bits per heavy atom. The van der Waals surface area contributed by atoms with Crippen molar-refractivity contribution in [3.8, 4) is 11.3 Å². The highest BCUT2D eigenvalue weighted by Crippen LogP contribution is 2.28. The van der Waals surface area contributed by atoms with Gasteiger partial charge in [0, 0.05) is 10.9 Å². The second-order valence-electron chi connectivity index (χ2n) is 4.09. The van der Waals surface area contributed by atoms with Crippen LogP contribution in [0.25, 0.3) is 11.3 Å². The molecule has 22 heavy (non-hydrogen) atoms.